The van der Waals surface area contributed by atoms with Crippen LogP contribution in [0, 0.1) is 0 Å². The average molecular weight is 148 g/mol. The van der Waals surface area contributed by atoms with Crippen LogP contribution >= 0.6 is 0 Å². The van der Waals surface area contributed by atoms with Gasteiger partial charge < -0.3 is 11.5 Å². The molecule has 10 heavy (non-hydrogen) atoms. The van der Waals surface area contributed by atoms with Gasteiger partial charge in [0.15, 0.2) is 0 Å². The molecular weight excluding hydrogens is 140 g/mol. The third kappa shape index (κ3) is 3.67. The van der Waals surface area contributed by atoms with Crippen LogP contribution < -0.4 is 11.5 Å². The number of hydrogen-bond acceptors (Lipinski definition) is 5. The van der Waals surface area contributed by atoms with Crippen LogP contribution in [-0.4, -0.2) is 18.1 Å². The number of carbonyl (C=O) groups excluding carboxylic acids is 2. The van der Waals surface area contributed by atoms with Gasteiger partial charge in [-0.15, -0.1) is 0 Å². The van der Waals surface area contributed by atoms with Gasteiger partial charge in [0.25, 0.3) is 0 Å². The van der Waals surface area contributed by atoms with Gasteiger partial charge in [-0.25, -0.2) is 19.4 Å². The Hall–Kier alpha value is -1.30. The molecule has 1 amide bonds. The Labute approximate surface area is 57.0 Å². The highest BCUT2D eigenvalue weighted by Crippen LogP contribution is 1.84. The van der Waals surface area contributed by atoms with Gasteiger partial charge in [0.2, 0.25) is 0 Å². The molecule has 1 atom stereocenters. The van der Waals surface area contributed by atoms with Crippen molar-refractivity contribution in [1.29, 1.82) is 0 Å². The number of rotatable bonds is 1. The summed E-state index contributed by atoms with van der Waals surface area (Å²) < 4.78 is 0. The van der Waals surface area contributed by atoms with Crippen molar-refractivity contribution < 1.29 is 19.4 Å². The fourth-order valence-electron chi connectivity index (χ4n) is 0.158. The van der Waals surface area contributed by atoms with Crippen LogP contribution in [0.5, 0.6) is 0 Å². The molecular formula is C4H8N2O4. The summed E-state index contributed by atoms with van der Waals surface area (Å²) in [6.45, 7) is 1.38. The summed E-state index contributed by atoms with van der Waals surface area (Å²) in [5.41, 5.74) is 9.48. The molecule has 0 aliphatic rings. The predicted molar refractivity (Wildman–Crippen MR) is 30.4 cm³/mol. The minimum atomic E-state index is -1.19. The first-order valence-electron chi connectivity index (χ1n) is 2.47. The Balaban J connectivity index is 3.50. The van der Waals surface area contributed by atoms with Crippen LogP contribution in [-0.2, 0) is 14.6 Å². The molecule has 0 unspecified atom stereocenters. The normalized spacial score (nSPS) is 11.8. The molecule has 0 saturated heterocycles. The third-order valence-corrected chi connectivity index (χ3v) is 0.578. The summed E-state index contributed by atoms with van der Waals surface area (Å²) in [6.07, 6.45) is -1.19. The highest BCUT2D eigenvalue weighted by Gasteiger charge is 2.11. The molecule has 0 radical (unpaired) electrons. The standard InChI is InChI=1S/C4H8N2O4/c1-2(5)3(7)9-10-4(6)8/h2H,5H2,1H3,(H2,6,8)/t2-/m0/s1. The Kier molecular flexibility index (Phi) is 3.20. The quantitative estimate of drug-likeness (QED) is 0.362. The molecule has 6 nitrogen and oxygen atoms in total. The average Bonchev–Trinajstić information content (AvgIpc) is 1.82. The molecule has 0 rings (SSSR count). The van der Waals surface area contributed by atoms with Crippen LogP contribution in [0.25, 0.3) is 0 Å². The topological polar surface area (TPSA) is 105 Å². The van der Waals surface area contributed by atoms with Crippen molar-refractivity contribution in [3.8, 4) is 0 Å². The van der Waals surface area contributed by atoms with Gasteiger partial charge in [-0.2, -0.15) is 0 Å². The summed E-state index contributed by atoms with van der Waals surface area (Å²) in [4.78, 5) is 27.7. The van der Waals surface area contributed by atoms with E-state index in [-0.39, 0.29) is 0 Å². The highest BCUT2D eigenvalue weighted by molar-refractivity contribution is 5.75. The van der Waals surface area contributed by atoms with Crippen molar-refractivity contribution in [2.24, 2.45) is 11.5 Å². The monoisotopic (exact) mass is 148 g/mol. The summed E-state index contributed by atoms with van der Waals surface area (Å²) >= 11 is 0. The van der Waals surface area contributed by atoms with Crippen molar-refractivity contribution >= 4 is 12.1 Å². The van der Waals surface area contributed by atoms with Crippen LogP contribution in [0.2, 0.25) is 0 Å². The molecule has 4 N–H and O–H groups in total. The van der Waals surface area contributed by atoms with E-state index in [0.717, 1.165) is 0 Å². The van der Waals surface area contributed by atoms with Crippen LogP contribution in [0.4, 0.5) is 4.79 Å². The number of hydrogen-bond donors (Lipinski definition) is 2. The largest absolute Gasteiger partial charge is 0.447 e. The predicted octanol–water partition coefficient (Wildman–Crippen LogP) is -1.11. The molecule has 0 heterocycles. The summed E-state index contributed by atoms with van der Waals surface area (Å²) in [5, 5.41) is 0. The number of primary amides is 1. The second-order valence-electron chi connectivity index (χ2n) is 1.59. The lowest BCUT2D eigenvalue weighted by atomic mass is 10.4. The molecule has 58 valence electrons. The van der Waals surface area contributed by atoms with Crippen LogP contribution in [0.1, 0.15) is 6.92 Å². The Morgan fingerprint density at radius 1 is 1.40 bits per heavy atom. The van der Waals surface area contributed by atoms with E-state index in [1.165, 1.54) is 6.92 Å². The van der Waals surface area contributed by atoms with E-state index in [2.05, 4.69) is 15.5 Å². The van der Waals surface area contributed by atoms with Crippen LogP contribution in [0.15, 0.2) is 0 Å². The zero-order valence-electron chi connectivity index (χ0n) is 5.37. The van der Waals surface area contributed by atoms with Crippen LogP contribution in [0.3, 0.4) is 0 Å². The number of carbonyl (C=O) groups is 2. The van der Waals surface area contributed by atoms with E-state index in [1.54, 1.807) is 0 Å². The van der Waals surface area contributed by atoms with Gasteiger partial charge in [0.05, 0.1) is 0 Å². The number of nitrogens with two attached hydrogens (primary N) is 2. The molecule has 0 bridgehead atoms. The minimum absolute atomic E-state index is 0.834. The van der Waals surface area contributed by atoms with Crippen molar-refractivity contribution in [1.82, 2.24) is 0 Å². The molecule has 0 aromatic carbocycles. The summed E-state index contributed by atoms with van der Waals surface area (Å²) in [5.74, 6) is -0.848. The van der Waals surface area contributed by atoms with Gasteiger partial charge >= 0.3 is 12.1 Å². The number of amides is 1. The van der Waals surface area contributed by atoms with E-state index in [0.29, 0.717) is 0 Å². The van der Waals surface area contributed by atoms with Gasteiger partial charge in [-0.05, 0) is 6.92 Å². The molecule has 0 aromatic rings. The lowest BCUT2D eigenvalue weighted by molar-refractivity contribution is -0.231. The van der Waals surface area contributed by atoms with E-state index >= 15 is 0 Å². The van der Waals surface area contributed by atoms with Crippen molar-refractivity contribution in [3.05, 3.63) is 0 Å². The van der Waals surface area contributed by atoms with Crippen molar-refractivity contribution in [3.63, 3.8) is 0 Å². The molecule has 0 aliphatic heterocycles. The van der Waals surface area contributed by atoms with Gasteiger partial charge in [-0.3, -0.25) is 0 Å². The maximum Gasteiger partial charge on any atom is 0.447 e. The van der Waals surface area contributed by atoms with Crippen molar-refractivity contribution in [2.45, 2.75) is 13.0 Å². The third-order valence-electron chi connectivity index (χ3n) is 0.578. The maximum absolute atomic E-state index is 10.4. The lowest BCUT2D eigenvalue weighted by Gasteiger charge is -2.01. The molecule has 6 heteroatoms. The Morgan fingerprint density at radius 3 is 2.20 bits per heavy atom. The smallest absolute Gasteiger partial charge is 0.332 e. The molecule has 0 spiro atoms. The van der Waals surface area contributed by atoms with E-state index in [4.69, 9.17) is 5.73 Å². The fourth-order valence-corrected chi connectivity index (χ4v) is 0.158. The van der Waals surface area contributed by atoms with E-state index in [1.807, 2.05) is 0 Å². The Morgan fingerprint density at radius 2 is 1.90 bits per heavy atom. The van der Waals surface area contributed by atoms with E-state index in [9.17, 15) is 9.59 Å². The van der Waals surface area contributed by atoms with E-state index < -0.39 is 18.1 Å². The van der Waals surface area contributed by atoms with Gasteiger partial charge in [0, 0.05) is 0 Å². The maximum atomic E-state index is 10.4. The zero-order chi connectivity index (χ0) is 8.15. The Bertz CT molecular complexity index is 144. The second-order valence-corrected chi connectivity index (χ2v) is 1.59. The first-order valence-corrected chi connectivity index (χ1v) is 2.47. The van der Waals surface area contributed by atoms with Gasteiger partial charge in [0.1, 0.15) is 6.04 Å². The first kappa shape index (κ1) is 8.70. The second kappa shape index (κ2) is 3.67. The molecule has 0 fully saturated rings. The van der Waals surface area contributed by atoms with Crippen molar-refractivity contribution in [2.75, 3.05) is 0 Å². The zero-order valence-corrected chi connectivity index (χ0v) is 5.37. The fraction of sp³-hybridized carbons (Fsp3) is 0.500. The minimum Gasteiger partial charge on any atom is -0.332 e. The molecule has 0 saturated carbocycles. The molecule has 0 aliphatic carbocycles. The molecule has 0 aromatic heterocycles. The summed E-state index contributed by atoms with van der Waals surface area (Å²) in [6, 6.07) is -0.834. The highest BCUT2D eigenvalue weighted by atomic mass is 17.2. The lowest BCUT2D eigenvalue weighted by Crippen LogP contribution is -2.30. The first-order chi connectivity index (χ1) is 4.54. The summed E-state index contributed by atoms with van der Waals surface area (Å²) in [7, 11) is 0. The SMILES string of the molecule is C[C@H](N)C(=O)OOC(N)=O. The van der Waals surface area contributed by atoms with Gasteiger partial charge in [-0.1, -0.05) is 0 Å².